The number of hydrogen-bond donors (Lipinski definition) is 6. The van der Waals surface area contributed by atoms with Crippen LogP contribution in [0.3, 0.4) is 0 Å². The third-order valence-corrected chi connectivity index (χ3v) is 12.6. The molecular weight excluding hydrogens is 701 g/mol. The van der Waals surface area contributed by atoms with Crippen molar-refractivity contribution in [2.45, 2.75) is 37.0 Å². The van der Waals surface area contributed by atoms with Crippen molar-refractivity contribution in [3.63, 3.8) is 0 Å². The first kappa shape index (κ1) is 35.9. The summed E-state index contributed by atoms with van der Waals surface area (Å²) in [6.45, 7) is 1.55. The minimum absolute atomic E-state index is 0.0373. The fourth-order valence-electron chi connectivity index (χ4n) is 4.19. The molecule has 45 heavy (non-hydrogen) atoms. The van der Waals surface area contributed by atoms with Crippen LogP contribution in [0, 0.1) is 0 Å². The highest BCUT2D eigenvalue weighted by molar-refractivity contribution is 8.76. The Labute approximate surface area is 263 Å². The van der Waals surface area contributed by atoms with Crippen LogP contribution in [-0.4, -0.2) is 76.2 Å². The Hall–Kier alpha value is -1.93. The number of phosphoric acid groups is 3. The molecule has 4 rings (SSSR count). The highest BCUT2D eigenvalue weighted by Crippen LogP contribution is 2.66. The van der Waals surface area contributed by atoms with Crippen molar-refractivity contribution < 1.29 is 60.7 Å². The molecule has 6 atom stereocenters. The number of rotatable bonds is 15. The standard InChI is InChI=1S/C21H29N6O13P3S2/c1-12(45-44-7-6-22)13-4-2-3-5-14(13)21(28)38-15-8-17(27-11-26-18-19(23)24-10-25-20(18)27)37-16(15)9-36-42(32,33)40-43(34,35)39-41(29,30)31/h2-5,10-12,15-17H,6-9,22H2,1H3,(H,32,33)(H,34,35)(H2,23,24,25)(H2,29,30,31)/t12?,15?,16-,17-/m1/s1. The molecule has 24 heteroatoms. The number of benzene rings is 1. The van der Waals surface area contributed by atoms with Gasteiger partial charge in [0.25, 0.3) is 0 Å². The van der Waals surface area contributed by atoms with Crippen molar-refractivity contribution in [3.05, 3.63) is 48.0 Å². The first-order chi connectivity index (χ1) is 21.1. The molecule has 19 nitrogen and oxygen atoms in total. The van der Waals surface area contributed by atoms with Gasteiger partial charge < -0.3 is 40.5 Å². The zero-order valence-corrected chi connectivity index (χ0v) is 27.5. The number of imidazole rings is 1. The van der Waals surface area contributed by atoms with Crippen LogP contribution in [0.1, 0.15) is 40.7 Å². The lowest BCUT2D eigenvalue weighted by atomic mass is 10.0. The van der Waals surface area contributed by atoms with Crippen LogP contribution in [0.4, 0.5) is 5.82 Å². The summed E-state index contributed by atoms with van der Waals surface area (Å²) in [7, 11) is -13.8. The molecule has 0 saturated carbocycles. The van der Waals surface area contributed by atoms with Gasteiger partial charge in [0.15, 0.2) is 11.5 Å². The summed E-state index contributed by atoms with van der Waals surface area (Å²) in [4.78, 5) is 62.6. The Balaban J connectivity index is 1.56. The van der Waals surface area contributed by atoms with Crippen molar-refractivity contribution in [3.8, 4) is 0 Å². The van der Waals surface area contributed by atoms with Crippen LogP contribution in [0.15, 0.2) is 36.9 Å². The van der Waals surface area contributed by atoms with Gasteiger partial charge in [-0.2, -0.15) is 8.62 Å². The van der Waals surface area contributed by atoms with Crippen molar-refractivity contribution in [2.24, 2.45) is 5.73 Å². The van der Waals surface area contributed by atoms with Crippen LogP contribution >= 0.6 is 45.1 Å². The van der Waals surface area contributed by atoms with Gasteiger partial charge in [0.05, 0.1) is 18.5 Å². The van der Waals surface area contributed by atoms with Gasteiger partial charge in [-0.05, 0) is 18.6 Å². The van der Waals surface area contributed by atoms with Gasteiger partial charge in [-0.1, -0.05) is 39.8 Å². The number of aromatic nitrogens is 4. The molecule has 0 radical (unpaired) electrons. The molecule has 3 heterocycles. The normalized spacial score (nSPS) is 22.1. The van der Waals surface area contributed by atoms with E-state index < -0.39 is 54.5 Å². The maximum Gasteiger partial charge on any atom is 0.490 e. The fraction of sp³-hybridized carbons (Fsp3) is 0.429. The molecule has 0 spiro atoms. The predicted octanol–water partition coefficient (Wildman–Crippen LogP) is 2.67. The molecule has 4 unspecified atom stereocenters. The van der Waals surface area contributed by atoms with E-state index in [0.29, 0.717) is 17.9 Å². The number of carbonyl (C=O) groups is 1. The largest absolute Gasteiger partial charge is 0.490 e. The monoisotopic (exact) mass is 730 g/mol. The van der Waals surface area contributed by atoms with Crippen LogP contribution in [0.2, 0.25) is 0 Å². The zero-order valence-electron chi connectivity index (χ0n) is 23.2. The Morgan fingerprint density at radius 2 is 1.87 bits per heavy atom. The van der Waals surface area contributed by atoms with E-state index in [2.05, 4.69) is 23.6 Å². The molecule has 1 saturated heterocycles. The van der Waals surface area contributed by atoms with Crippen LogP contribution in [0.5, 0.6) is 0 Å². The first-order valence-corrected chi connectivity index (χ1v) is 19.6. The van der Waals surface area contributed by atoms with E-state index in [1.54, 1.807) is 35.1 Å². The number of hydrogen-bond acceptors (Lipinski definition) is 16. The summed E-state index contributed by atoms with van der Waals surface area (Å²) in [5.41, 5.74) is 12.9. The molecule has 1 aliphatic heterocycles. The minimum atomic E-state index is -5.76. The molecule has 1 aliphatic rings. The van der Waals surface area contributed by atoms with Gasteiger partial charge in [0.1, 0.15) is 30.3 Å². The Bertz CT molecular complexity index is 1660. The Morgan fingerprint density at radius 3 is 2.58 bits per heavy atom. The molecule has 0 bridgehead atoms. The maximum absolute atomic E-state index is 13.5. The lowest BCUT2D eigenvalue weighted by molar-refractivity contribution is -0.0490. The van der Waals surface area contributed by atoms with E-state index in [1.165, 1.54) is 28.0 Å². The van der Waals surface area contributed by atoms with Gasteiger partial charge in [-0.3, -0.25) is 9.09 Å². The molecule has 2 aromatic heterocycles. The number of fused-ring (bicyclic) bond motifs is 1. The summed E-state index contributed by atoms with van der Waals surface area (Å²) < 4.78 is 60.6. The topological polar surface area (TPSA) is 291 Å². The smallest absolute Gasteiger partial charge is 0.456 e. The van der Waals surface area contributed by atoms with E-state index in [0.717, 1.165) is 0 Å². The van der Waals surface area contributed by atoms with E-state index in [1.807, 2.05) is 6.92 Å². The first-order valence-electron chi connectivity index (χ1n) is 12.7. The highest BCUT2D eigenvalue weighted by atomic mass is 33.1. The SMILES string of the molecule is CC(SSCCN)c1ccccc1C(=O)OC1C[C@H](n2cnc3c(N)ncnc32)O[C@@H]1COP(=O)(O)OP(=O)(O)OP(=O)(O)O. The number of nitrogen functional groups attached to an aromatic ring is 1. The summed E-state index contributed by atoms with van der Waals surface area (Å²) in [5.74, 6) is 0.0674. The van der Waals surface area contributed by atoms with Crippen LogP contribution in [0.25, 0.3) is 11.2 Å². The quantitative estimate of drug-likeness (QED) is 0.0567. The molecular formula is C21H29N6O13P3S2. The molecule has 1 fully saturated rings. The number of phosphoric ester groups is 1. The highest BCUT2D eigenvalue weighted by Gasteiger charge is 2.44. The van der Waals surface area contributed by atoms with Crippen molar-refractivity contribution in [1.82, 2.24) is 19.5 Å². The van der Waals surface area contributed by atoms with Crippen molar-refractivity contribution in [2.75, 3.05) is 24.6 Å². The fourth-order valence-corrected chi connectivity index (χ4v) is 9.42. The Kier molecular flexibility index (Phi) is 11.9. The van der Waals surface area contributed by atoms with Gasteiger partial charge in [0.2, 0.25) is 0 Å². The molecule has 0 aliphatic carbocycles. The lowest BCUT2D eigenvalue weighted by Gasteiger charge is -2.22. The number of anilines is 1. The average molecular weight is 731 g/mol. The lowest BCUT2D eigenvalue weighted by Crippen LogP contribution is -2.31. The summed E-state index contributed by atoms with van der Waals surface area (Å²) in [5, 5.41) is -0.124. The second-order valence-corrected chi connectivity index (χ2v) is 16.5. The summed E-state index contributed by atoms with van der Waals surface area (Å²) >= 11 is 0. The maximum atomic E-state index is 13.5. The minimum Gasteiger partial charge on any atom is -0.456 e. The zero-order chi connectivity index (χ0) is 33.0. The second-order valence-electron chi connectivity index (χ2n) is 9.21. The summed E-state index contributed by atoms with van der Waals surface area (Å²) in [6, 6.07) is 6.79. The second kappa shape index (κ2) is 14.9. The third kappa shape index (κ3) is 9.79. The Morgan fingerprint density at radius 1 is 1.13 bits per heavy atom. The van der Waals surface area contributed by atoms with E-state index in [9.17, 15) is 28.3 Å². The van der Waals surface area contributed by atoms with Crippen LogP contribution < -0.4 is 11.5 Å². The number of ether oxygens (including phenoxy) is 2. The van der Waals surface area contributed by atoms with Gasteiger partial charge in [-0.25, -0.2) is 33.4 Å². The number of carbonyl (C=O) groups excluding carboxylic acids is 1. The van der Waals surface area contributed by atoms with Gasteiger partial charge in [-0.15, -0.1) is 0 Å². The molecule has 8 N–H and O–H groups in total. The van der Waals surface area contributed by atoms with Gasteiger partial charge in [0, 0.05) is 24.0 Å². The summed E-state index contributed by atoms with van der Waals surface area (Å²) in [6.07, 6.45) is -0.805. The molecule has 0 amide bonds. The number of nitrogens with two attached hydrogens (primary N) is 2. The van der Waals surface area contributed by atoms with Crippen molar-refractivity contribution >= 4 is 68.0 Å². The number of nitrogens with zero attached hydrogens (tertiary/aromatic N) is 4. The predicted molar refractivity (Wildman–Crippen MR) is 161 cm³/mol. The third-order valence-electron chi connectivity index (χ3n) is 5.99. The van der Waals surface area contributed by atoms with Crippen molar-refractivity contribution in [1.29, 1.82) is 0 Å². The number of esters is 1. The van der Waals surface area contributed by atoms with E-state index in [4.69, 9.17) is 35.3 Å². The average Bonchev–Trinajstić information content (AvgIpc) is 3.55. The molecule has 3 aromatic rings. The molecule has 248 valence electrons. The van der Waals surface area contributed by atoms with E-state index in [-0.39, 0.29) is 34.2 Å². The van der Waals surface area contributed by atoms with E-state index >= 15 is 0 Å². The van der Waals surface area contributed by atoms with Gasteiger partial charge >= 0.3 is 29.4 Å². The van der Waals surface area contributed by atoms with Crippen LogP contribution in [-0.2, 0) is 36.3 Å². The molecule has 1 aromatic carbocycles.